The lowest BCUT2D eigenvalue weighted by molar-refractivity contribution is -0.143. The zero-order chi connectivity index (χ0) is 15.3. The number of nitrogens with one attached hydrogen (secondary N) is 1. The molecule has 0 saturated heterocycles. The molecular formula is C14H22N2O4. The van der Waals surface area contributed by atoms with Gasteiger partial charge in [-0.1, -0.05) is 19.0 Å². The van der Waals surface area contributed by atoms with Crippen molar-refractivity contribution in [1.29, 1.82) is 0 Å². The van der Waals surface area contributed by atoms with Crippen LogP contribution in [0.5, 0.6) is 0 Å². The summed E-state index contributed by atoms with van der Waals surface area (Å²) in [7, 11) is 0. The molecular weight excluding hydrogens is 260 g/mol. The highest BCUT2D eigenvalue weighted by molar-refractivity contribution is 5.77. The number of nitrogens with zero attached hydrogens (tertiary/aromatic N) is 1. The topological polar surface area (TPSA) is 92.4 Å². The largest absolute Gasteiger partial charge is 0.481 e. The maximum absolute atomic E-state index is 11.8. The van der Waals surface area contributed by atoms with Crippen LogP contribution in [0.25, 0.3) is 0 Å². The predicted molar refractivity (Wildman–Crippen MR) is 73.3 cm³/mol. The van der Waals surface area contributed by atoms with Gasteiger partial charge >= 0.3 is 5.97 Å². The molecule has 0 fully saturated rings. The smallest absolute Gasteiger partial charge is 0.308 e. The van der Waals surface area contributed by atoms with E-state index in [1.165, 1.54) is 0 Å². The van der Waals surface area contributed by atoms with Crippen molar-refractivity contribution in [2.75, 3.05) is 6.54 Å². The number of carbonyl (C=O) groups excluding carboxylic acids is 1. The summed E-state index contributed by atoms with van der Waals surface area (Å²) in [6.07, 6.45) is 0.847. The summed E-state index contributed by atoms with van der Waals surface area (Å²) in [6.45, 7) is 7.46. The highest BCUT2D eigenvalue weighted by atomic mass is 16.5. The van der Waals surface area contributed by atoms with Crippen LogP contribution < -0.4 is 5.32 Å². The Hall–Kier alpha value is -1.85. The van der Waals surface area contributed by atoms with Gasteiger partial charge in [0.05, 0.1) is 11.6 Å². The fraction of sp³-hybridized carbons (Fsp3) is 0.643. The number of carboxylic acid groups (broad SMARTS) is 1. The molecule has 20 heavy (non-hydrogen) atoms. The fourth-order valence-electron chi connectivity index (χ4n) is 2.02. The van der Waals surface area contributed by atoms with Crippen molar-refractivity contribution in [2.24, 2.45) is 11.8 Å². The van der Waals surface area contributed by atoms with Crippen LogP contribution in [0.2, 0.25) is 0 Å². The molecule has 0 bridgehead atoms. The van der Waals surface area contributed by atoms with Gasteiger partial charge in [-0.25, -0.2) is 0 Å². The van der Waals surface area contributed by atoms with E-state index in [4.69, 9.17) is 9.63 Å². The standard InChI is InChI=1S/C14H22N2O4/c1-8(2)12(14(18)19)7-15-13(17)6-5-11-9(3)16-20-10(11)4/h8,12H,5-7H2,1-4H3,(H,15,17)(H,18,19). The average Bonchev–Trinajstić information content (AvgIpc) is 2.66. The Morgan fingerprint density at radius 2 is 2.00 bits per heavy atom. The molecule has 1 unspecified atom stereocenters. The summed E-state index contributed by atoms with van der Waals surface area (Å²) in [5, 5.41) is 15.5. The number of aliphatic carboxylic acids is 1. The van der Waals surface area contributed by atoms with Crippen LogP contribution in [0.4, 0.5) is 0 Å². The molecule has 112 valence electrons. The predicted octanol–water partition coefficient (Wildman–Crippen LogP) is 1.70. The molecule has 1 rings (SSSR count). The van der Waals surface area contributed by atoms with Gasteiger partial charge < -0.3 is 14.9 Å². The minimum atomic E-state index is -0.883. The molecule has 0 aliphatic rings. The second-order valence-corrected chi connectivity index (χ2v) is 5.30. The van der Waals surface area contributed by atoms with Gasteiger partial charge in [0.15, 0.2) is 0 Å². The number of carboxylic acids is 1. The van der Waals surface area contributed by atoms with Gasteiger partial charge in [0.25, 0.3) is 0 Å². The van der Waals surface area contributed by atoms with Crippen LogP contribution in [0.1, 0.15) is 37.3 Å². The van der Waals surface area contributed by atoms with E-state index in [2.05, 4.69) is 10.5 Å². The summed E-state index contributed by atoms with van der Waals surface area (Å²) < 4.78 is 5.03. The molecule has 2 N–H and O–H groups in total. The van der Waals surface area contributed by atoms with Crippen LogP contribution in [0.15, 0.2) is 4.52 Å². The van der Waals surface area contributed by atoms with Crippen molar-refractivity contribution >= 4 is 11.9 Å². The maximum Gasteiger partial charge on any atom is 0.308 e. The third-order valence-corrected chi connectivity index (χ3v) is 3.42. The lowest BCUT2D eigenvalue weighted by atomic mass is 9.96. The van der Waals surface area contributed by atoms with E-state index in [0.717, 1.165) is 17.0 Å². The molecule has 1 aromatic rings. The molecule has 0 aliphatic heterocycles. The number of hydrogen-bond acceptors (Lipinski definition) is 4. The zero-order valence-electron chi connectivity index (χ0n) is 12.4. The van der Waals surface area contributed by atoms with E-state index >= 15 is 0 Å². The number of aryl methyl sites for hydroxylation is 2. The first-order valence-corrected chi connectivity index (χ1v) is 6.74. The van der Waals surface area contributed by atoms with E-state index in [1.807, 2.05) is 27.7 Å². The maximum atomic E-state index is 11.8. The fourth-order valence-corrected chi connectivity index (χ4v) is 2.02. The van der Waals surface area contributed by atoms with Crippen LogP contribution in [-0.4, -0.2) is 28.7 Å². The number of amides is 1. The van der Waals surface area contributed by atoms with Crippen molar-refractivity contribution in [3.8, 4) is 0 Å². The summed E-state index contributed by atoms with van der Waals surface area (Å²) in [4.78, 5) is 22.8. The van der Waals surface area contributed by atoms with Gasteiger partial charge in [0.1, 0.15) is 5.76 Å². The van der Waals surface area contributed by atoms with Gasteiger partial charge in [-0.05, 0) is 26.2 Å². The van der Waals surface area contributed by atoms with Crippen molar-refractivity contribution in [3.05, 3.63) is 17.0 Å². The second kappa shape index (κ2) is 7.07. The molecule has 1 atom stereocenters. The van der Waals surface area contributed by atoms with Gasteiger partial charge in [-0.3, -0.25) is 9.59 Å². The van der Waals surface area contributed by atoms with Crippen LogP contribution in [0, 0.1) is 25.7 Å². The third kappa shape index (κ3) is 4.36. The first-order valence-electron chi connectivity index (χ1n) is 6.74. The Morgan fingerprint density at radius 3 is 2.45 bits per heavy atom. The first-order chi connectivity index (χ1) is 9.32. The van der Waals surface area contributed by atoms with Crippen LogP contribution >= 0.6 is 0 Å². The van der Waals surface area contributed by atoms with E-state index < -0.39 is 11.9 Å². The van der Waals surface area contributed by atoms with E-state index in [1.54, 1.807) is 0 Å². The Morgan fingerprint density at radius 1 is 1.35 bits per heavy atom. The minimum Gasteiger partial charge on any atom is -0.481 e. The number of aromatic nitrogens is 1. The summed E-state index contributed by atoms with van der Waals surface area (Å²) in [5.41, 5.74) is 1.74. The second-order valence-electron chi connectivity index (χ2n) is 5.30. The molecule has 0 saturated carbocycles. The van der Waals surface area contributed by atoms with Gasteiger partial charge in [0.2, 0.25) is 5.91 Å². The average molecular weight is 282 g/mol. The lowest BCUT2D eigenvalue weighted by Gasteiger charge is -2.16. The van der Waals surface area contributed by atoms with Gasteiger partial charge in [-0.15, -0.1) is 0 Å². The SMILES string of the molecule is Cc1noc(C)c1CCC(=O)NCC(C(=O)O)C(C)C. The van der Waals surface area contributed by atoms with Crippen molar-refractivity contribution in [2.45, 2.75) is 40.5 Å². The first kappa shape index (κ1) is 16.2. The molecule has 0 radical (unpaired) electrons. The molecule has 0 spiro atoms. The normalized spacial score (nSPS) is 12.4. The highest BCUT2D eigenvalue weighted by Gasteiger charge is 2.22. The Balaban J connectivity index is 2.43. The molecule has 6 heteroatoms. The van der Waals surface area contributed by atoms with Crippen LogP contribution in [0.3, 0.4) is 0 Å². The van der Waals surface area contributed by atoms with Gasteiger partial charge in [-0.2, -0.15) is 0 Å². The number of carbonyl (C=O) groups is 2. The Kier molecular flexibility index (Phi) is 5.73. The van der Waals surface area contributed by atoms with Crippen molar-refractivity contribution < 1.29 is 19.2 Å². The van der Waals surface area contributed by atoms with E-state index in [-0.39, 0.29) is 18.4 Å². The molecule has 1 amide bonds. The Labute approximate surface area is 118 Å². The van der Waals surface area contributed by atoms with E-state index in [9.17, 15) is 9.59 Å². The monoisotopic (exact) mass is 282 g/mol. The van der Waals surface area contributed by atoms with Crippen LogP contribution in [-0.2, 0) is 16.0 Å². The third-order valence-electron chi connectivity index (χ3n) is 3.42. The lowest BCUT2D eigenvalue weighted by Crippen LogP contribution is -2.35. The zero-order valence-corrected chi connectivity index (χ0v) is 12.4. The number of hydrogen-bond donors (Lipinski definition) is 2. The number of rotatable bonds is 7. The molecule has 1 aromatic heterocycles. The molecule has 1 heterocycles. The van der Waals surface area contributed by atoms with E-state index in [0.29, 0.717) is 12.8 Å². The van der Waals surface area contributed by atoms with Crippen molar-refractivity contribution in [3.63, 3.8) is 0 Å². The minimum absolute atomic E-state index is 0.0182. The molecule has 6 nitrogen and oxygen atoms in total. The Bertz CT molecular complexity index is 460. The summed E-state index contributed by atoms with van der Waals surface area (Å²) >= 11 is 0. The summed E-state index contributed by atoms with van der Waals surface area (Å²) in [6, 6.07) is 0. The summed E-state index contributed by atoms with van der Waals surface area (Å²) in [5.74, 6) is -0.891. The van der Waals surface area contributed by atoms with Gasteiger partial charge in [0, 0.05) is 18.5 Å². The van der Waals surface area contributed by atoms with Crippen molar-refractivity contribution in [1.82, 2.24) is 10.5 Å². The quantitative estimate of drug-likeness (QED) is 0.794. The molecule has 0 aliphatic carbocycles. The highest BCUT2D eigenvalue weighted by Crippen LogP contribution is 2.14. The molecule has 0 aromatic carbocycles.